The first-order chi connectivity index (χ1) is 12.9. The highest BCUT2D eigenvalue weighted by molar-refractivity contribution is 8.00. The summed E-state index contributed by atoms with van der Waals surface area (Å²) in [6.07, 6.45) is 0. The van der Waals surface area contributed by atoms with Crippen LogP contribution in [0.3, 0.4) is 0 Å². The van der Waals surface area contributed by atoms with E-state index in [1.54, 1.807) is 25.3 Å². The van der Waals surface area contributed by atoms with E-state index in [1.807, 2.05) is 32.0 Å². The van der Waals surface area contributed by atoms with E-state index >= 15 is 0 Å². The summed E-state index contributed by atoms with van der Waals surface area (Å²) >= 11 is 1.39. The SMILES string of the molecule is COc1ccc(NC(=O)COC(=O)CSc2cc(C)ccc2C)c(OC)c1. The highest BCUT2D eigenvalue weighted by Gasteiger charge is 2.12. The van der Waals surface area contributed by atoms with Gasteiger partial charge in [0.05, 0.1) is 25.7 Å². The van der Waals surface area contributed by atoms with Crippen molar-refractivity contribution in [3.05, 3.63) is 47.5 Å². The third-order valence-electron chi connectivity index (χ3n) is 3.74. The third-order valence-corrected chi connectivity index (χ3v) is 4.87. The molecule has 0 atom stereocenters. The number of thioether (sulfide) groups is 1. The molecule has 0 saturated carbocycles. The van der Waals surface area contributed by atoms with Crippen molar-refractivity contribution >= 4 is 29.3 Å². The Morgan fingerprint density at radius 2 is 1.81 bits per heavy atom. The number of esters is 1. The Labute approximate surface area is 163 Å². The number of carbonyl (C=O) groups is 2. The van der Waals surface area contributed by atoms with Gasteiger partial charge in [-0.15, -0.1) is 11.8 Å². The van der Waals surface area contributed by atoms with Crippen molar-refractivity contribution < 1.29 is 23.8 Å². The lowest BCUT2D eigenvalue weighted by Gasteiger charge is -2.12. The van der Waals surface area contributed by atoms with Gasteiger partial charge in [-0.05, 0) is 37.6 Å². The van der Waals surface area contributed by atoms with Crippen LogP contribution in [0.1, 0.15) is 11.1 Å². The maximum absolute atomic E-state index is 12.0. The lowest BCUT2D eigenvalue weighted by molar-refractivity contribution is -0.144. The van der Waals surface area contributed by atoms with Crippen molar-refractivity contribution in [3.8, 4) is 11.5 Å². The van der Waals surface area contributed by atoms with Gasteiger partial charge in [-0.25, -0.2) is 0 Å². The van der Waals surface area contributed by atoms with Crippen molar-refractivity contribution in [2.45, 2.75) is 18.7 Å². The summed E-state index contributed by atoms with van der Waals surface area (Å²) in [7, 11) is 3.04. The zero-order valence-corrected chi connectivity index (χ0v) is 16.6. The van der Waals surface area contributed by atoms with Crippen molar-refractivity contribution in [3.63, 3.8) is 0 Å². The molecule has 144 valence electrons. The molecule has 0 saturated heterocycles. The lowest BCUT2D eigenvalue weighted by Crippen LogP contribution is -2.22. The van der Waals surface area contributed by atoms with E-state index in [0.29, 0.717) is 17.2 Å². The van der Waals surface area contributed by atoms with Crippen LogP contribution in [-0.4, -0.2) is 38.5 Å². The number of amides is 1. The van der Waals surface area contributed by atoms with Gasteiger partial charge in [-0.3, -0.25) is 9.59 Å². The number of aryl methyl sites for hydroxylation is 2. The van der Waals surface area contributed by atoms with E-state index in [-0.39, 0.29) is 12.4 Å². The zero-order valence-electron chi connectivity index (χ0n) is 15.8. The number of ether oxygens (including phenoxy) is 3. The van der Waals surface area contributed by atoms with Crippen LogP contribution in [0.4, 0.5) is 5.69 Å². The van der Waals surface area contributed by atoms with Crippen LogP contribution in [0, 0.1) is 13.8 Å². The molecule has 0 spiro atoms. The monoisotopic (exact) mass is 389 g/mol. The fourth-order valence-electron chi connectivity index (χ4n) is 2.28. The summed E-state index contributed by atoms with van der Waals surface area (Å²) in [5.41, 5.74) is 2.70. The maximum Gasteiger partial charge on any atom is 0.316 e. The molecule has 6 nitrogen and oxygen atoms in total. The van der Waals surface area contributed by atoms with Crippen LogP contribution in [0.15, 0.2) is 41.3 Å². The molecule has 0 fully saturated rings. The molecule has 0 aliphatic rings. The molecule has 7 heteroatoms. The standard InChI is InChI=1S/C20H23NO5S/c1-13-5-6-14(2)18(9-13)27-12-20(23)26-11-19(22)21-16-8-7-15(24-3)10-17(16)25-4/h5-10H,11-12H2,1-4H3,(H,21,22). The fraction of sp³-hybridized carbons (Fsp3) is 0.300. The Bertz CT molecular complexity index is 822. The normalized spacial score (nSPS) is 10.2. The number of benzene rings is 2. The van der Waals surface area contributed by atoms with Crippen LogP contribution in [0.25, 0.3) is 0 Å². The third kappa shape index (κ3) is 6.21. The number of nitrogens with one attached hydrogen (secondary N) is 1. The Morgan fingerprint density at radius 1 is 1.04 bits per heavy atom. The summed E-state index contributed by atoms with van der Waals surface area (Å²) in [5, 5.41) is 2.65. The van der Waals surface area contributed by atoms with Gasteiger partial charge in [-0.2, -0.15) is 0 Å². The summed E-state index contributed by atoms with van der Waals surface area (Å²) in [6, 6.07) is 11.1. The Balaban J connectivity index is 1.83. The number of methoxy groups -OCH3 is 2. The predicted molar refractivity (Wildman–Crippen MR) is 106 cm³/mol. The minimum atomic E-state index is -0.447. The summed E-state index contributed by atoms with van der Waals surface area (Å²) in [4.78, 5) is 25.0. The molecule has 0 heterocycles. The van der Waals surface area contributed by atoms with Crippen LogP contribution < -0.4 is 14.8 Å². The topological polar surface area (TPSA) is 73.9 Å². The molecule has 0 unspecified atom stereocenters. The van der Waals surface area contributed by atoms with Crippen LogP contribution >= 0.6 is 11.8 Å². The first kappa shape index (κ1) is 20.6. The Morgan fingerprint density at radius 3 is 2.52 bits per heavy atom. The number of anilines is 1. The molecule has 1 amide bonds. The van der Waals surface area contributed by atoms with E-state index in [4.69, 9.17) is 14.2 Å². The molecule has 0 aliphatic heterocycles. The van der Waals surface area contributed by atoms with Gasteiger partial charge in [0.25, 0.3) is 5.91 Å². The fourth-order valence-corrected chi connectivity index (χ4v) is 3.20. The molecule has 0 aliphatic carbocycles. The average molecular weight is 389 g/mol. The van der Waals surface area contributed by atoms with E-state index in [9.17, 15) is 9.59 Å². The minimum absolute atomic E-state index is 0.142. The lowest BCUT2D eigenvalue weighted by atomic mass is 10.2. The summed E-state index contributed by atoms with van der Waals surface area (Å²) in [5.74, 6) is 0.323. The van der Waals surface area contributed by atoms with Crippen molar-refractivity contribution in [2.75, 3.05) is 31.9 Å². The van der Waals surface area contributed by atoms with Crippen molar-refractivity contribution in [1.82, 2.24) is 0 Å². The van der Waals surface area contributed by atoms with Gasteiger partial charge >= 0.3 is 5.97 Å². The van der Waals surface area contributed by atoms with Crippen LogP contribution in [-0.2, 0) is 14.3 Å². The quantitative estimate of drug-likeness (QED) is 0.549. The van der Waals surface area contributed by atoms with Gasteiger partial charge in [0, 0.05) is 11.0 Å². The van der Waals surface area contributed by atoms with Crippen molar-refractivity contribution in [2.24, 2.45) is 0 Å². The molecule has 0 bridgehead atoms. The number of hydrogen-bond donors (Lipinski definition) is 1. The first-order valence-corrected chi connectivity index (χ1v) is 9.29. The van der Waals surface area contributed by atoms with E-state index in [2.05, 4.69) is 5.32 Å². The smallest absolute Gasteiger partial charge is 0.316 e. The van der Waals surface area contributed by atoms with Gasteiger partial charge in [0.1, 0.15) is 11.5 Å². The second-order valence-corrected chi connectivity index (χ2v) is 6.85. The molecule has 0 aromatic heterocycles. The molecular weight excluding hydrogens is 366 g/mol. The molecule has 0 radical (unpaired) electrons. The van der Waals surface area contributed by atoms with Gasteiger partial charge in [-0.1, -0.05) is 17.7 Å². The highest BCUT2D eigenvalue weighted by Crippen LogP contribution is 2.29. The van der Waals surface area contributed by atoms with Gasteiger partial charge < -0.3 is 19.5 Å². The number of hydrogen-bond acceptors (Lipinski definition) is 6. The number of carbonyl (C=O) groups excluding carboxylic acids is 2. The predicted octanol–water partition coefficient (Wildman–Crippen LogP) is 3.59. The Hall–Kier alpha value is -2.67. The van der Waals surface area contributed by atoms with Crippen molar-refractivity contribution in [1.29, 1.82) is 0 Å². The number of rotatable bonds is 8. The summed E-state index contributed by atoms with van der Waals surface area (Å²) in [6.45, 7) is 3.63. The second-order valence-electron chi connectivity index (χ2n) is 5.83. The molecular formula is C20H23NO5S. The molecule has 2 rings (SSSR count). The van der Waals surface area contributed by atoms with E-state index in [0.717, 1.165) is 16.0 Å². The zero-order chi connectivity index (χ0) is 19.8. The second kappa shape index (κ2) is 9.87. The molecule has 1 N–H and O–H groups in total. The maximum atomic E-state index is 12.0. The van der Waals surface area contributed by atoms with Gasteiger partial charge in [0.15, 0.2) is 6.61 Å². The highest BCUT2D eigenvalue weighted by atomic mass is 32.2. The van der Waals surface area contributed by atoms with E-state index in [1.165, 1.54) is 18.9 Å². The average Bonchev–Trinajstić information content (AvgIpc) is 2.67. The molecule has 2 aromatic rings. The Kier molecular flexibility index (Phi) is 7.55. The largest absolute Gasteiger partial charge is 0.497 e. The van der Waals surface area contributed by atoms with Crippen LogP contribution in [0.5, 0.6) is 11.5 Å². The van der Waals surface area contributed by atoms with Gasteiger partial charge in [0.2, 0.25) is 0 Å². The first-order valence-electron chi connectivity index (χ1n) is 8.30. The van der Waals surface area contributed by atoms with E-state index < -0.39 is 11.9 Å². The molecule has 27 heavy (non-hydrogen) atoms. The van der Waals surface area contributed by atoms with Crippen LogP contribution in [0.2, 0.25) is 0 Å². The molecule has 2 aromatic carbocycles. The minimum Gasteiger partial charge on any atom is -0.497 e. The summed E-state index contributed by atoms with van der Waals surface area (Å²) < 4.78 is 15.4.